The first-order valence-corrected chi connectivity index (χ1v) is 6.63. The predicted molar refractivity (Wildman–Crippen MR) is 80.6 cm³/mol. The lowest BCUT2D eigenvalue weighted by atomic mass is 10.1. The number of amides is 1. The summed E-state index contributed by atoms with van der Waals surface area (Å²) in [6.45, 7) is 1.87. The third-order valence-corrected chi connectivity index (χ3v) is 3.20. The highest BCUT2D eigenvalue weighted by atomic mass is 19.1. The van der Waals surface area contributed by atoms with Gasteiger partial charge in [0.05, 0.1) is 5.69 Å². The minimum absolute atomic E-state index is 0.0994. The molecule has 0 atom stereocenters. The van der Waals surface area contributed by atoms with E-state index in [1.54, 1.807) is 12.1 Å². The van der Waals surface area contributed by atoms with E-state index in [-0.39, 0.29) is 18.3 Å². The summed E-state index contributed by atoms with van der Waals surface area (Å²) >= 11 is 0. The Bertz CT molecular complexity index is 738. The van der Waals surface area contributed by atoms with Crippen LogP contribution in [0.3, 0.4) is 0 Å². The minimum Gasteiger partial charge on any atom is -0.478 e. The second-order valence-electron chi connectivity index (χ2n) is 4.96. The number of nitrogens with one attached hydrogen (secondary N) is 1. The first-order valence-electron chi connectivity index (χ1n) is 6.63. The molecule has 1 aliphatic rings. The lowest BCUT2D eigenvalue weighted by Gasteiger charge is -2.18. The van der Waals surface area contributed by atoms with Crippen LogP contribution in [0.25, 0.3) is 12.2 Å². The van der Waals surface area contributed by atoms with Crippen LogP contribution in [0.1, 0.15) is 16.7 Å². The van der Waals surface area contributed by atoms with Crippen LogP contribution in [0, 0.1) is 12.7 Å². The van der Waals surface area contributed by atoms with E-state index in [9.17, 15) is 9.18 Å². The molecule has 21 heavy (non-hydrogen) atoms. The van der Waals surface area contributed by atoms with Crippen molar-refractivity contribution in [2.45, 2.75) is 6.92 Å². The Balaban J connectivity index is 1.91. The second kappa shape index (κ2) is 5.40. The first-order chi connectivity index (χ1) is 10.1. The fourth-order valence-electron chi connectivity index (χ4n) is 2.24. The third-order valence-electron chi connectivity index (χ3n) is 3.20. The zero-order valence-electron chi connectivity index (χ0n) is 11.5. The summed E-state index contributed by atoms with van der Waals surface area (Å²) in [5.74, 6) is -0.652. The molecule has 3 nitrogen and oxygen atoms in total. The average Bonchev–Trinajstić information content (AvgIpc) is 2.45. The first kappa shape index (κ1) is 13.4. The molecule has 0 spiro atoms. The Hall–Kier alpha value is -2.62. The number of hydrogen-bond donors (Lipinski definition) is 1. The molecule has 1 heterocycles. The Kier molecular flexibility index (Phi) is 3.44. The molecule has 2 aromatic rings. The number of benzene rings is 2. The molecular weight excluding hydrogens is 269 g/mol. The summed E-state index contributed by atoms with van der Waals surface area (Å²) in [6.07, 6.45) is 3.71. The van der Waals surface area contributed by atoms with Gasteiger partial charge in [-0.3, -0.25) is 4.79 Å². The van der Waals surface area contributed by atoms with Crippen LogP contribution < -0.4 is 10.1 Å². The van der Waals surface area contributed by atoms with Crippen molar-refractivity contribution in [3.05, 3.63) is 58.9 Å². The zero-order valence-corrected chi connectivity index (χ0v) is 11.5. The molecule has 3 rings (SSSR count). The maximum Gasteiger partial charge on any atom is 0.262 e. The number of anilines is 1. The fraction of sp³-hybridized carbons (Fsp3) is 0.118. The summed E-state index contributed by atoms with van der Waals surface area (Å²) in [4.78, 5) is 11.3. The van der Waals surface area contributed by atoms with Gasteiger partial charge in [-0.05, 0) is 30.2 Å². The molecule has 0 saturated carbocycles. The van der Waals surface area contributed by atoms with Gasteiger partial charge in [0, 0.05) is 0 Å². The average molecular weight is 283 g/mol. The van der Waals surface area contributed by atoms with Gasteiger partial charge in [-0.1, -0.05) is 42.0 Å². The maximum atomic E-state index is 13.9. The molecule has 0 aromatic heterocycles. The number of carbonyl (C=O) groups is 1. The largest absolute Gasteiger partial charge is 0.478 e. The summed E-state index contributed by atoms with van der Waals surface area (Å²) in [6, 6.07) is 11.1. The summed E-state index contributed by atoms with van der Waals surface area (Å²) in [5, 5.41) is 2.61. The van der Waals surface area contributed by atoms with Gasteiger partial charge >= 0.3 is 0 Å². The van der Waals surface area contributed by atoms with Crippen molar-refractivity contribution in [1.82, 2.24) is 0 Å². The Labute approximate surface area is 122 Å². The highest BCUT2D eigenvalue weighted by Gasteiger charge is 2.20. The highest BCUT2D eigenvalue weighted by Crippen LogP contribution is 2.32. The molecule has 1 N–H and O–H groups in total. The summed E-state index contributed by atoms with van der Waals surface area (Å²) in [7, 11) is 0. The summed E-state index contributed by atoms with van der Waals surface area (Å²) in [5.41, 5.74) is 3.23. The molecule has 0 fully saturated rings. The van der Waals surface area contributed by atoms with E-state index in [4.69, 9.17) is 4.74 Å². The van der Waals surface area contributed by atoms with Crippen LogP contribution in [0.5, 0.6) is 5.75 Å². The van der Waals surface area contributed by atoms with Gasteiger partial charge < -0.3 is 10.1 Å². The van der Waals surface area contributed by atoms with Gasteiger partial charge in [0.15, 0.2) is 18.2 Å². The molecule has 1 amide bonds. The van der Waals surface area contributed by atoms with E-state index < -0.39 is 5.82 Å². The van der Waals surface area contributed by atoms with E-state index in [0.29, 0.717) is 11.3 Å². The van der Waals surface area contributed by atoms with Gasteiger partial charge in [-0.15, -0.1) is 0 Å². The van der Waals surface area contributed by atoms with Crippen molar-refractivity contribution in [2.75, 3.05) is 11.9 Å². The van der Waals surface area contributed by atoms with Gasteiger partial charge in [0.25, 0.3) is 5.91 Å². The molecule has 0 aliphatic carbocycles. The number of fused-ring (bicyclic) bond motifs is 1. The molecule has 0 bridgehead atoms. The van der Waals surface area contributed by atoms with E-state index in [1.807, 2.05) is 37.3 Å². The number of ether oxygens (including phenoxy) is 1. The van der Waals surface area contributed by atoms with E-state index in [2.05, 4.69) is 5.32 Å². The monoisotopic (exact) mass is 283 g/mol. The molecule has 2 aromatic carbocycles. The number of rotatable bonds is 2. The molecular formula is C17H14FNO2. The smallest absolute Gasteiger partial charge is 0.262 e. The third kappa shape index (κ3) is 2.94. The zero-order chi connectivity index (χ0) is 14.8. The lowest BCUT2D eigenvalue weighted by Crippen LogP contribution is -2.26. The summed E-state index contributed by atoms with van der Waals surface area (Å²) < 4.78 is 19.0. The normalized spacial score (nSPS) is 13.7. The fourth-order valence-corrected chi connectivity index (χ4v) is 2.24. The molecule has 0 unspecified atom stereocenters. The second-order valence-corrected chi connectivity index (χ2v) is 4.96. The van der Waals surface area contributed by atoms with E-state index >= 15 is 0 Å². The number of halogens is 1. The van der Waals surface area contributed by atoms with Crippen LogP contribution in [0.15, 0.2) is 36.4 Å². The molecule has 4 heteroatoms. The quantitative estimate of drug-likeness (QED) is 0.855. The number of carbonyl (C=O) groups excluding carboxylic acids is 1. The molecule has 0 saturated heterocycles. The van der Waals surface area contributed by atoms with Gasteiger partial charge in [0.2, 0.25) is 0 Å². The van der Waals surface area contributed by atoms with E-state index in [1.165, 1.54) is 6.07 Å². The van der Waals surface area contributed by atoms with Crippen molar-refractivity contribution in [2.24, 2.45) is 0 Å². The Morgan fingerprint density at radius 3 is 2.81 bits per heavy atom. The van der Waals surface area contributed by atoms with Crippen LogP contribution in [-0.4, -0.2) is 12.5 Å². The molecule has 0 radical (unpaired) electrons. The maximum absolute atomic E-state index is 13.9. The van der Waals surface area contributed by atoms with Gasteiger partial charge in [-0.25, -0.2) is 4.39 Å². The molecule has 1 aliphatic heterocycles. The van der Waals surface area contributed by atoms with Crippen LogP contribution >= 0.6 is 0 Å². The number of aryl methyl sites for hydroxylation is 1. The van der Waals surface area contributed by atoms with Crippen molar-refractivity contribution in [3.8, 4) is 5.75 Å². The van der Waals surface area contributed by atoms with Gasteiger partial charge in [-0.2, -0.15) is 0 Å². The lowest BCUT2D eigenvalue weighted by molar-refractivity contribution is -0.118. The van der Waals surface area contributed by atoms with Gasteiger partial charge in [0.1, 0.15) is 0 Å². The topological polar surface area (TPSA) is 38.3 Å². The van der Waals surface area contributed by atoms with Crippen LogP contribution in [-0.2, 0) is 4.79 Å². The Morgan fingerprint density at radius 1 is 1.19 bits per heavy atom. The van der Waals surface area contributed by atoms with Crippen molar-refractivity contribution >= 4 is 23.7 Å². The van der Waals surface area contributed by atoms with Crippen LogP contribution in [0.2, 0.25) is 0 Å². The van der Waals surface area contributed by atoms with Crippen LogP contribution in [0.4, 0.5) is 10.1 Å². The minimum atomic E-state index is -0.476. The van der Waals surface area contributed by atoms with E-state index in [0.717, 1.165) is 11.1 Å². The van der Waals surface area contributed by atoms with Crippen molar-refractivity contribution in [1.29, 1.82) is 0 Å². The molecule has 106 valence electrons. The SMILES string of the molecule is Cc1cccc(C=Cc2cc(F)c3c(c2)NC(=O)CO3)c1. The Morgan fingerprint density at radius 2 is 2.00 bits per heavy atom. The number of hydrogen-bond acceptors (Lipinski definition) is 2. The highest BCUT2D eigenvalue weighted by molar-refractivity contribution is 5.96. The standard InChI is InChI=1S/C17H14FNO2/c1-11-3-2-4-12(7-11)5-6-13-8-14(18)17-15(9-13)19-16(20)10-21-17/h2-9H,10H2,1H3,(H,19,20). The predicted octanol–water partition coefficient (Wildman–Crippen LogP) is 3.64. The van der Waals surface area contributed by atoms with Crippen molar-refractivity contribution in [3.63, 3.8) is 0 Å². The van der Waals surface area contributed by atoms with Crippen molar-refractivity contribution < 1.29 is 13.9 Å².